The summed E-state index contributed by atoms with van der Waals surface area (Å²) in [5, 5.41) is 20.1. The van der Waals surface area contributed by atoms with Crippen LogP contribution < -0.4 is 5.56 Å². The number of hydrogen-bond donors (Lipinski definition) is 1. The normalized spacial score (nSPS) is 12.3. The van der Waals surface area contributed by atoms with E-state index in [4.69, 9.17) is 16.7 Å². The van der Waals surface area contributed by atoms with E-state index in [1.807, 2.05) is 0 Å². The van der Waals surface area contributed by atoms with Crippen LogP contribution in [0.1, 0.15) is 25.8 Å². The minimum atomic E-state index is -0.942. The van der Waals surface area contributed by atoms with Gasteiger partial charge in [-0.25, -0.2) is 0 Å². The molecule has 1 atom stereocenters. The molecule has 1 aromatic carbocycles. The number of nitro benzene ring substituents is 1. The molecule has 8 heteroatoms. The van der Waals surface area contributed by atoms with Crippen LogP contribution in [0.4, 0.5) is 5.69 Å². The number of nitrogens with zero attached hydrogens (tertiary/aromatic N) is 2. The van der Waals surface area contributed by atoms with E-state index in [9.17, 15) is 19.7 Å². The first kappa shape index (κ1) is 16.0. The number of carbonyl (C=O) groups is 1. The van der Waals surface area contributed by atoms with Crippen LogP contribution in [0.3, 0.4) is 0 Å². The largest absolute Gasteiger partial charge is 0.481 e. The number of halogens is 1. The molecule has 0 saturated heterocycles. The SMILES string of the molecule is C[C@H](CCC(=O)O)n1ccc2c([N+](=O)[O-])c(Cl)ccc2c1=O. The number of aromatic nitrogens is 1. The second-order valence-corrected chi connectivity index (χ2v) is 5.33. The molecule has 0 bridgehead atoms. The topological polar surface area (TPSA) is 102 Å². The van der Waals surface area contributed by atoms with Crippen LogP contribution in [-0.4, -0.2) is 20.6 Å². The lowest BCUT2D eigenvalue weighted by atomic mass is 10.1. The highest BCUT2D eigenvalue weighted by atomic mass is 35.5. The fourth-order valence-electron chi connectivity index (χ4n) is 2.30. The van der Waals surface area contributed by atoms with E-state index in [2.05, 4.69) is 0 Å². The molecule has 1 N–H and O–H groups in total. The van der Waals surface area contributed by atoms with Crippen LogP contribution in [0, 0.1) is 10.1 Å². The molecule has 0 aliphatic rings. The second-order valence-electron chi connectivity index (χ2n) is 4.92. The Hall–Kier alpha value is -2.41. The van der Waals surface area contributed by atoms with Crippen LogP contribution in [-0.2, 0) is 4.79 Å². The highest BCUT2D eigenvalue weighted by Crippen LogP contribution is 2.31. The number of pyridine rings is 1. The maximum absolute atomic E-state index is 12.5. The van der Waals surface area contributed by atoms with Gasteiger partial charge in [-0.05, 0) is 31.5 Å². The molecule has 22 heavy (non-hydrogen) atoms. The third kappa shape index (κ3) is 2.94. The van der Waals surface area contributed by atoms with E-state index in [1.54, 1.807) is 6.92 Å². The Bertz CT molecular complexity index is 815. The average Bonchev–Trinajstić information content (AvgIpc) is 2.44. The van der Waals surface area contributed by atoms with Gasteiger partial charge in [-0.1, -0.05) is 11.6 Å². The molecule has 7 nitrogen and oxygen atoms in total. The van der Waals surface area contributed by atoms with Crippen LogP contribution in [0.5, 0.6) is 0 Å². The van der Waals surface area contributed by atoms with Crippen molar-refractivity contribution in [3.63, 3.8) is 0 Å². The Balaban J connectivity index is 2.56. The van der Waals surface area contributed by atoms with Crippen molar-refractivity contribution in [2.75, 3.05) is 0 Å². The van der Waals surface area contributed by atoms with Gasteiger partial charge in [0.2, 0.25) is 0 Å². The Morgan fingerprint density at radius 2 is 2.09 bits per heavy atom. The third-order valence-corrected chi connectivity index (χ3v) is 3.77. The molecule has 0 unspecified atom stereocenters. The van der Waals surface area contributed by atoms with E-state index < -0.39 is 16.5 Å². The van der Waals surface area contributed by atoms with Crippen molar-refractivity contribution in [3.05, 3.63) is 49.9 Å². The van der Waals surface area contributed by atoms with E-state index in [0.717, 1.165) is 0 Å². The molecule has 0 amide bonds. The standard InChI is InChI=1S/C14H13ClN2O5/c1-8(2-5-12(18)19)16-7-6-9-10(14(16)20)3-4-11(15)13(9)17(21)22/h3-4,6-8H,2,5H2,1H3,(H,18,19)/t8-/m1/s1. The first-order chi connectivity index (χ1) is 10.3. The number of aliphatic carboxylic acids is 1. The highest BCUT2D eigenvalue weighted by Gasteiger charge is 2.20. The molecule has 0 aliphatic heterocycles. The molecule has 116 valence electrons. The summed E-state index contributed by atoms with van der Waals surface area (Å²) in [6, 6.07) is 3.88. The predicted molar refractivity (Wildman–Crippen MR) is 81.5 cm³/mol. The summed E-state index contributed by atoms with van der Waals surface area (Å²) in [7, 11) is 0. The highest BCUT2D eigenvalue weighted by molar-refractivity contribution is 6.34. The lowest BCUT2D eigenvalue weighted by molar-refractivity contribution is -0.382. The van der Waals surface area contributed by atoms with Crippen LogP contribution in [0.25, 0.3) is 10.8 Å². The van der Waals surface area contributed by atoms with Crippen LogP contribution >= 0.6 is 11.6 Å². The van der Waals surface area contributed by atoms with Gasteiger partial charge >= 0.3 is 5.97 Å². The van der Waals surface area contributed by atoms with Crippen molar-refractivity contribution in [3.8, 4) is 0 Å². The van der Waals surface area contributed by atoms with E-state index >= 15 is 0 Å². The summed E-state index contributed by atoms with van der Waals surface area (Å²) < 4.78 is 1.38. The first-order valence-corrected chi connectivity index (χ1v) is 6.90. The van der Waals surface area contributed by atoms with Gasteiger partial charge in [0.05, 0.1) is 15.7 Å². The minimum Gasteiger partial charge on any atom is -0.481 e. The molecule has 1 heterocycles. The van der Waals surface area contributed by atoms with Gasteiger partial charge in [-0.15, -0.1) is 0 Å². The summed E-state index contributed by atoms with van der Waals surface area (Å²) in [5.74, 6) is -0.942. The summed E-state index contributed by atoms with van der Waals surface area (Å²) in [4.78, 5) is 33.5. The van der Waals surface area contributed by atoms with Crippen molar-refractivity contribution in [1.29, 1.82) is 0 Å². The Labute approximate surface area is 129 Å². The number of fused-ring (bicyclic) bond motifs is 1. The minimum absolute atomic E-state index is 0.0337. The summed E-state index contributed by atoms with van der Waals surface area (Å²) in [5.41, 5.74) is -0.711. The van der Waals surface area contributed by atoms with Gasteiger partial charge < -0.3 is 9.67 Å². The lowest BCUT2D eigenvalue weighted by Crippen LogP contribution is -2.23. The predicted octanol–water partition coefficient (Wildman–Crippen LogP) is 2.99. The number of hydrogen-bond acceptors (Lipinski definition) is 4. The monoisotopic (exact) mass is 324 g/mol. The maximum atomic E-state index is 12.5. The van der Waals surface area contributed by atoms with E-state index in [1.165, 1.54) is 29.0 Å². The number of benzene rings is 1. The molecule has 1 aromatic heterocycles. The van der Waals surface area contributed by atoms with Gasteiger partial charge in [0.1, 0.15) is 5.02 Å². The van der Waals surface area contributed by atoms with Crippen LogP contribution in [0.2, 0.25) is 5.02 Å². The summed E-state index contributed by atoms with van der Waals surface area (Å²) in [6.45, 7) is 1.72. The van der Waals surface area contributed by atoms with Gasteiger partial charge in [0.25, 0.3) is 11.2 Å². The fraction of sp³-hybridized carbons (Fsp3) is 0.286. The zero-order chi connectivity index (χ0) is 16.4. The van der Waals surface area contributed by atoms with Crippen molar-refractivity contribution in [2.24, 2.45) is 0 Å². The molecule has 0 spiro atoms. The van der Waals surface area contributed by atoms with Crippen molar-refractivity contribution >= 4 is 34.0 Å². The van der Waals surface area contributed by atoms with Crippen molar-refractivity contribution in [1.82, 2.24) is 4.57 Å². The Kier molecular flexibility index (Phi) is 4.46. The first-order valence-electron chi connectivity index (χ1n) is 6.52. The molecular formula is C14H13ClN2O5. The average molecular weight is 325 g/mol. The lowest BCUT2D eigenvalue weighted by Gasteiger charge is -2.15. The third-order valence-electron chi connectivity index (χ3n) is 3.47. The van der Waals surface area contributed by atoms with Crippen molar-refractivity contribution in [2.45, 2.75) is 25.8 Å². The maximum Gasteiger partial charge on any atom is 0.303 e. The quantitative estimate of drug-likeness (QED) is 0.672. The smallest absolute Gasteiger partial charge is 0.303 e. The van der Waals surface area contributed by atoms with Gasteiger partial charge in [0.15, 0.2) is 0 Å². The van der Waals surface area contributed by atoms with Crippen LogP contribution in [0.15, 0.2) is 29.2 Å². The zero-order valence-electron chi connectivity index (χ0n) is 11.7. The molecule has 2 rings (SSSR count). The van der Waals surface area contributed by atoms with Gasteiger partial charge in [-0.2, -0.15) is 0 Å². The van der Waals surface area contributed by atoms with Crippen molar-refractivity contribution < 1.29 is 14.8 Å². The zero-order valence-corrected chi connectivity index (χ0v) is 12.4. The number of carboxylic acid groups (broad SMARTS) is 1. The van der Waals surface area contributed by atoms with E-state index in [-0.39, 0.29) is 40.4 Å². The molecular weight excluding hydrogens is 312 g/mol. The number of rotatable bonds is 5. The molecule has 2 aromatic rings. The Morgan fingerprint density at radius 1 is 1.41 bits per heavy atom. The molecule has 0 aliphatic carbocycles. The van der Waals surface area contributed by atoms with Gasteiger partial charge in [0, 0.05) is 18.7 Å². The molecule has 0 saturated carbocycles. The molecule has 0 fully saturated rings. The fourth-order valence-corrected chi connectivity index (χ4v) is 2.54. The summed E-state index contributed by atoms with van der Waals surface area (Å²) in [6.07, 6.45) is 1.66. The van der Waals surface area contributed by atoms with E-state index in [0.29, 0.717) is 0 Å². The second kappa shape index (κ2) is 6.15. The van der Waals surface area contributed by atoms with Gasteiger partial charge in [-0.3, -0.25) is 19.7 Å². The Morgan fingerprint density at radius 3 is 2.68 bits per heavy atom. The number of carboxylic acids is 1. The summed E-state index contributed by atoms with van der Waals surface area (Å²) >= 11 is 5.82. The number of nitro groups is 1. The molecule has 0 radical (unpaired) electrons.